The van der Waals surface area contributed by atoms with Crippen molar-refractivity contribution in [3.8, 4) is 6.07 Å². The summed E-state index contributed by atoms with van der Waals surface area (Å²) < 4.78 is 47.8. The lowest BCUT2D eigenvalue weighted by atomic mass is 9.89. The molecule has 3 aromatic carbocycles. The minimum Gasteiger partial charge on any atom is -0.466 e. The summed E-state index contributed by atoms with van der Waals surface area (Å²) in [6.45, 7) is 2.64. The highest BCUT2D eigenvalue weighted by Gasteiger charge is 2.41. The third-order valence-corrected chi connectivity index (χ3v) is 7.60. The molecule has 1 N–H and O–H groups in total. The number of carbonyl (C=O) groups is 1. The average Bonchev–Trinajstić information content (AvgIpc) is 3.36. The fourth-order valence-electron chi connectivity index (χ4n) is 5.75. The van der Waals surface area contributed by atoms with Crippen molar-refractivity contribution in [1.82, 2.24) is 14.8 Å². The summed E-state index contributed by atoms with van der Waals surface area (Å²) in [5.74, 6) is -0.769. The summed E-state index contributed by atoms with van der Waals surface area (Å²) in [4.78, 5) is 28.2. The van der Waals surface area contributed by atoms with E-state index in [0.717, 1.165) is 17.7 Å². The molecule has 9 nitrogen and oxygen atoms in total. The molecule has 0 saturated carbocycles. The molecular formula is C32H30F3N6O3+. The first-order valence-corrected chi connectivity index (χ1v) is 13.7. The minimum atomic E-state index is -4.62. The molecule has 0 bridgehead atoms. The van der Waals surface area contributed by atoms with Crippen molar-refractivity contribution in [3.63, 3.8) is 0 Å². The number of nitriles is 1. The lowest BCUT2D eigenvalue weighted by Crippen LogP contribution is -2.40. The van der Waals surface area contributed by atoms with Crippen LogP contribution in [0.2, 0.25) is 0 Å². The van der Waals surface area contributed by atoms with Crippen LogP contribution in [0.3, 0.4) is 0 Å². The van der Waals surface area contributed by atoms with Gasteiger partial charge >= 0.3 is 17.8 Å². The number of halogens is 3. The fourth-order valence-corrected chi connectivity index (χ4v) is 5.75. The number of nitrogens with one attached hydrogen (secondary N) is 1. The number of allylic oxidation sites excluding steroid dienone is 1. The quantitative estimate of drug-likeness (QED) is 0.223. The van der Waals surface area contributed by atoms with Gasteiger partial charge in [-0.3, -0.25) is 4.90 Å². The maximum Gasteiger partial charge on any atom is 0.416 e. The van der Waals surface area contributed by atoms with Gasteiger partial charge in [-0.15, -0.1) is 5.10 Å². The maximum absolute atomic E-state index is 13.6. The van der Waals surface area contributed by atoms with E-state index < -0.39 is 29.4 Å². The fraction of sp³-hybridized carbons (Fsp3) is 0.250. The Labute approximate surface area is 251 Å². The molecule has 0 aliphatic carbocycles. The van der Waals surface area contributed by atoms with E-state index in [1.807, 2.05) is 44.4 Å². The van der Waals surface area contributed by atoms with E-state index in [1.165, 1.54) is 28.7 Å². The monoisotopic (exact) mass is 603 g/mol. The number of aromatic nitrogens is 3. The standard InChI is InChI=1S/C32H29F3N6O3/c1-20-27(29(42)44-4)28(40-30(37-38-31(40)43)39(20)25-12-8-11-24(16-25)32(33,34)35)26-14-13-22(17-36)15-23(26)19-41(2,3)18-21-9-6-5-7-10-21/h5-16,28H,18-19H2,1-4H3/p+1/t28-/m1/s1. The van der Waals surface area contributed by atoms with Gasteiger partial charge < -0.3 is 9.22 Å². The zero-order valence-electron chi connectivity index (χ0n) is 24.5. The number of H-pyrrole nitrogens is 1. The van der Waals surface area contributed by atoms with Gasteiger partial charge in [0.1, 0.15) is 19.1 Å². The van der Waals surface area contributed by atoms with Crippen LogP contribution in [0.4, 0.5) is 24.8 Å². The molecule has 4 aromatic rings. The molecule has 44 heavy (non-hydrogen) atoms. The Morgan fingerprint density at radius 2 is 1.80 bits per heavy atom. The second kappa shape index (κ2) is 11.5. The molecule has 1 aliphatic heterocycles. The van der Waals surface area contributed by atoms with Crippen LogP contribution in [-0.2, 0) is 28.8 Å². The molecule has 226 valence electrons. The van der Waals surface area contributed by atoms with Crippen LogP contribution < -0.4 is 10.6 Å². The number of fused-ring (bicyclic) bond motifs is 1. The van der Waals surface area contributed by atoms with E-state index in [2.05, 4.69) is 16.3 Å². The second-order valence-corrected chi connectivity index (χ2v) is 11.2. The molecule has 5 rings (SSSR count). The first-order chi connectivity index (χ1) is 20.8. The number of quaternary nitrogens is 1. The molecule has 0 amide bonds. The summed E-state index contributed by atoms with van der Waals surface area (Å²) >= 11 is 0. The molecular weight excluding hydrogens is 573 g/mol. The minimum absolute atomic E-state index is 0.00202. The SMILES string of the molecule is COC(=O)C1=C(C)N(c2cccc(C(F)(F)F)c2)c2n[nH]c(=O)n2[C@@H]1c1ccc(C#N)cc1C[N+](C)(C)Cc1ccccc1. The number of hydrogen-bond acceptors (Lipinski definition) is 6. The van der Waals surface area contributed by atoms with Gasteiger partial charge in [0, 0.05) is 22.5 Å². The number of esters is 1. The zero-order valence-corrected chi connectivity index (χ0v) is 24.5. The highest BCUT2D eigenvalue weighted by atomic mass is 19.4. The summed E-state index contributed by atoms with van der Waals surface area (Å²) in [6.07, 6.45) is -4.62. The smallest absolute Gasteiger partial charge is 0.416 e. The van der Waals surface area contributed by atoms with Gasteiger partial charge in [0.2, 0.25) is 5.95 Å². The van der Waals surface area contributed by atoms with E-state index >= 15 is 0 Å². The zero-order chi connectivity index (χ0) is 31.8. The molecule has 0 fully saturated rings. The number of benzene rings is 3. The predicted molar refractivity (Wildman–Crippen MR) is 156 cm³/mol. The van der Waals surface area contributed by atoms with Crippen LogP contribution in [0.15, 0.2) is 88.9 Å². The molecule has 2 heterocycles. The summed E-state index contributed by atoms with van der Waals surface area (Å²) in [5, 5.41) is 16.3. The van der Waals surface area contributed by atoms with E-state index in [1.54, 1.807) is 25.1 Å². The first kappa shape index (κ1) is 30.3. The predicted octanol–water partition coefficient (Wildman–Crippen LogP) is 5.43. The van der Waals surface area contributed by atoms with Crippen molar-refractivity contribution in [2.24, 2.45) is 0 Å². The third kappa shape index (κ3) is 5.74. The molecule has 0 radical (unpaired) electrons. The van der Waals surface area contributed by atoms with Crippen molar-refractivity contribution in [2.75, 3.05) is 26.1 Å². The lowest BCUT2D eigenvalue weighted by Gasteiger charge is -2.37. The molecule has 0 spiro atoms. The number of carbonyl (C=O) groups excluding carboxylic acids is 1. The van der Waals surface area contributed by atoms with E-state index in [-0.39, 0.29) is 22.9 Å². The Morgan fingerprint density at radius 3 is 2.45 bits per heavy atom. The Balaban J connectivity index is 1.71. The van der Waals surface area contributed by atoms with Gasteiger partial charge in [-0.05, 0) is 42.8 Å². The lowest BCUT2D eigenvalue weighted by molar-refractivity contribution is -0.916. The summed E-state index contributed by atoms with van der Waals surface area (Å²) in [6, 6.07) is 20.6. The van der Waals surface area contributed by atoms with Gasteiger partial charge in [0.15, 0.2) is 0 Å². The van der Waals surface area contributed by atoms with Crippen molar-refractivity contribution < 1.29 is 27.2 Å². The van der Waals surface area contributed by atoms with Gasteiger partial charge in [-0.2, -0.15) is 18.4 Å². The molecule has 12 heteroatoms. The molecule has 0 saturated heterocycles. The number of anilines is 2. The highest BCUT2D eigenvalue weighted by Crippen LogP contribution is 2.44. The van der Waals surface area contributed by atoms with Gasteiger partial charge in [0.05, 0.1) is 44.0 Å². The second-order valence-electron chi connectivity index (χ2n) is 11.2. The number of nitrogens with zero attached hydrogens (tertiary/aromatic N) is 5. The van der Waals surface area contributed by atoms with Crippen molar-refractivity contribution in [3.05, 3.63) is 122 Å². The van der Waals surface area contributed by atoms with Crippen LogP contribution >= 0.6 is 0 Å². The Kier molecular flexibility index (Phi) is 7.92. The number of ether oxygens (including phenoxy) is 1. The third-order valence-electron chi connectivity index (χ3n) is 7.60. The van der Waals surface area contributed by atoms with Crippen LogP contribution in [-0.4, -0.2) is 46.4 Å². The van der Waals surface area contributed by atoms with Gasteiger partial charge in [-0.1, -0.05) is 42.5 Å². The first-order valence-electron chi connectivity index (χ1n) is 13.7. The normalized spacial score (nSPS) is 15.1. The van der Waals surface area contributed by atoms with E-state index in [0.29, 0.717) is 34.3 Å². The number of alkyl halides is 3. The number of aromatic amines is 1. The largest absolute Gasteiger partial charge is 0.466 e. The summed E-state index contributed by atoms with van der Waals surface area (Å²) in [7, 11) is 5.26. The topological polar surface area (TPSA) is 104 Å². The molecule has 1 aromatic heterocycles. The van der Waals surface area contributed by atoms with Crippen LogP contribution in [0.1, 0.15) is 40.8 Å². The molecule has 1 aliphatic rings. The Bertz CT molecular complexity index is 1850. The average molecular weight is 604 g/mol. The molecule has 1 atom stereocenters. The summed E-state index contributed by atoms with van der Waals surface area (Å²) in [5.41, 5.74) is 1.51. The van der Waals surface area contributed by atoms with Crippen LogP contribution in [0.25, 0.3) is 0 Å². The van der Waals surface area contributed by atoms with Crippen molar-refractivity contribution >= 4 is 17.6 Å². The van der Waals surface area contributed by atoms with Gasteiger partial charge in [-0.25, -0.2) is 19.3 Å². The highest BCUT2D eigenvalue weighted by molar-refractivity contribution is 5.93. The van der Waals surface area contributed by atoms with Crippen molar-refractivity contribution in [2.45, 2.75) is 32.2 Å². The number of rotatable bonds is 7. The maximum atomic E-state index is 13.6. The van der Waals surface area contributed by atoms with E-state index in [4.69, 9.17) is 4.74 Å². The van der Waals surface area contributed by atoms with Crippen LogP contribution in [0.5, 0.6) is 0 Å². The Morgan fingerprint density at radius 1 is 1.07 bits per heavy atom. The van der Waals surface area contributed by atoms with Gasteiger partial charge in [0.25, 0.3) is 0 Å². The van der Waals surface area contributed by atoms with E-state index in [9.17, 15) is 28.0 Å². The number of hydrogen-bond donors (Lipinski definition) is 1. The Hall–Kier alpha value is -5.15. The van der Waals surface area contributed by atoms with Crippen LogP contribution in [0, 0.1) is 11.3 Å². The number of methoxy groups -OCH3 is 1. The van der Waals surface area contributed by atoms with Crippen molar-refractivity contribution in [1.29, 1.82) is 5.26 Å². The molecule has 0 unspecified atom stereocenters.